The molecule has 0 spiro atoms. The molecule has 8 heteroatoms. The van der Waals surface area contributed by atoms with E-state index in [1.54, 1.807) is 24.0 Å². The van der Waals surface area contributed by atoms with Gasteiger partial charge in [-0.2, -0.15) is 0 Å². The van der Waals surface area contributed by atoms with Gasteiger partial charge in [-0.05, 0) is 43.0 Å². The molecule has 0 unspecified atom stereocenters. The monoisotopic (exact) mass is 333 g/mol. The Labute approximate surface area is 133 Å². The van der Waals surface area contributed by atoms with Crippen molar-refractivity contribution in [3.8, 4) is 0 Å². The van der Waals surface area contributed by atoms with E-state index in [1.165, 1.54) is 6.07 Å². The lowest BCUT2D eigenvalue weighted by Gasteiger charge is -2.25. The van der Waals surface area contributed by atoms with Crippen LogP contribution in [0.2, 0.25) is 0 Å². The smallest absolute Gasteiger partial charge is 0.263 e. The van der Waals surface area contributed by atoms with Gasteiger partial charge in [0, 0.05) is 19.0 Å². The Balaban J connectivity index is 1.74. The summed E-state index contributed by atoms with van der Waals surface area (Å²) < 4.78 is 32.4. The van der Waals surface area contributed by atoms with Crippen molar-refractivity contribution < 1.29 is 17.7 Å². The third-order valence-electron chi connectivity index (χ3n) is 4.20. The molecular weight excluding hydrogens is 318 g/mol. The third kappa shape index (κ3) is 2.29. The lowest BCUT2D eigenvalue weighted by Crippen LogP contribution is -2.33. The van der Waals surface area contributed by atoms with Gasteiger partial charge in [0.1, 0.15) is 5.76 Å². The summed E-state index contributed by atoms with van der Waals surface area (Å²) in [5, 5.41) is 3.66. The van der Waals surface area contributed by atoms with E-state index in [-0.39, 0.29) is 16.6 Å². The van der Waals surface area contributed by atoms with E-state index in [1.807, 2.05) is 0 Å². The standard InChI is InChI=1S/C15H15N3O4S/c1-9-6-13(16-22-9)17-23(20,21)12-7-10-2-3-14(19)18-5-4-11(8-12)15(10)18/h6-8H,2-5H2,1H3,(H,16,17). The van der Waals surface area contributed by atoms with Crippen LogP contribution in [0.15, 0.2) is 27.6 Å². The van der Waals surface area contributed by atoms with Crippen LogP contribution in [0.4, 0.5) is 11.5 Å². The van der Waals surface area contributed by atoms with Crippen molar-refractivity contribution in [2.75, 3.05) is 16.2 Å². The number of anilines is 2. The average molecular weight is 333 g/mol. The van der Waals surface area contributed by atoms with Gasteiger partial charge in [0.05, 0.1) is 10.6 Å². The van der Waals surface area contributed by atoms with Crippen molar-refractivity contribution in [3.05, 3.63) is 35.1 Å². The maximum Gasteiger partial charge on any atom is 0.263 e. The van der Waals surface area contributed by atoms with Crippen molar-refractivity contribution in [3.63, 3.8) is 0 Å². The number of hydrogen-bond acceptors (Lipinski definition) is 5. The van der Waals surface area contributed by atoms with E-state index in [4.69, 9.17) is 4.52 Å². The first-order valence-corrected chi connectivity index (χ1v) is 8.85. The van der Waals surface area contributed by atoms with Crippen LogP contribution in [0.5, 0.6) is 0 Å². The van der Waals surface area contributed by atoms with Crippen LogP contribution in [-0.2, 0) is 27.7 Å². The molecule has 1 N–H and O–H groups in total. The van der Waals surface area contributed by atoms with Crippen LogP contribution in [0.3, 0.4) is 0 Å². The number of nitrogens with zero attached hydrogens (tertiary/aromatic N) is 2. The Morgan fingerprint density at radius 3 is 2.61 bits per heavy atom. The molecule has 0 saturated carbocycles. The molecule has 23 heavy (non-hydrogen) atoms. The first-order valence-electron chi connectivity index (χ1n) is 7.36. The second kappa shape index (κ2) is 4.82. The number of carbonyl (C=O) groups is 1. The molecule has 0 atom stereocenters. The molecule has 0 radical (unpaired) electrons. The molecule has 4 rings (SSSR count). The Bertz CT molecular complexity index is 917. The van der Waals surface area contributed by atoms with Gasteiger partial charge in [0.2, 0.25) is 5.91 Å². The second-order valence-electron chi connectivity index (χ2n) is 5.81. The van der Waals surface area contributed by atoms with Gasteiger partial charge < -0.3 is 9.42 Å². The van der Waals surface area contributed by atoms with E-state index in [0.717, 1.165) is 16.8 Å². The minimum Gasteiger partial charge on any atom is -0.360 e. The second-order valence-corrected chi connectivity index (χ2v) is 7.50. The first kappa shape index (κ1) is 14.3. The third-order valence-corrected chi connectivity index (χ3v) is 5.54. The molecule has 1 amide bonds. The van der Waals surface area contributed by atoms with Crippen LogP contribution in [0, 0.1) is 6.92 Å². The van der Waals surface area contributed by atoms with Gasteiger partial charge in [-0.3, -0.25) is 9.52 Å². The molecule has 120 valence electrons. The molecule has 1 aromatic heterocycles. The van der Waals surface area contributed by atoms with Crippen molar-refractivity contribution >= 4 is 27.4 Å². The Morgan fingerprint density at radius 1 is 1.17 bits per heavy atom. The van der Waals surface area contributed by atoms with E-state index < -0.39 is 10.0 Å². The van der Waals surface area contributed by atoms with E-state index in [0.29, 0.717) is 31.6 Å². The first-order chi connectivity index (χ1) is 10.9. The number of amides is 1. The topological polar surface area (TPSA) is 92.5 Å². The Kier molecular flexibility index (Phi) is 2.99. The molecule has 3 heterocycles. The predicted molar refractivity (Wildman–Crippen MR) is 82.9 cm³/mol. The summed E-state index contributed by atoms with van der Waals surface area (Å²) in [6, 6.07) is 4.82. The Hall–Kier alpha value is -2.35. The fourth-order valence-corrected chi connectivity index (χ4v) is 4.28. The number of aromatic nitrogens is 1. The maximum atomic E-state index is 12.6. The number of carbonyl (C=O) groups excluding carboxylic acids is 1. The van der Waals surface area contributed by atoms with Crippen molar-refractivity contribution in [2.45, 2.75) is 31.1 Å². The molecule has 2 aliphatic rings. The maximum absolute atomic E-state index is 12.6. The quantitative estimate of drug-likeness (QED) is 0.921. The fraction of sp³-hybridized carbons (Fsp3) is 0.333. The molecule has 7 nitrogen and oxygen atoms in total. The number of nitrogens with one attached hydrogen (secondary N) is 1. The summed E-state index contributed by atoms with van der Waals surface area (Å²) in [6.07, 6.45) is 1.68. The summed E-state index contributed by atoms with van der Waals surface area (Å²) in [7, 11) is -3.74. The van der Waals surface area contributed by atoms with Gasteiger partial charge in [0.25, 0.3) is 10.0 Å². The van der Waals surface area contributed by atoms with Crippen LogP contribution in [-0.4, -0.2) is 26.0 Å². The highest BCUT2D eigenvalue weighted by molar-refractivity contribution is 7.92. The highest BCUT2D eigenvalue weighted by Crippen LogP contribution is 2.38. The highest BCUT2D eigenvalue weighted by Gasteiger charge is 2.33. The van der Waals surface area contributed by atoms with Crippen LogP contribution in [0.1, 0.15) is 23.3 Å². The van der Waals surface area contributed by atoms with Gasteiger partial charge in [-0.25, -0.2) is 8.42 Å². The molecule has 1 aromatic carbocycles. The lowest BCUT2D eigenvalue weighted by atomic mass is 10.00. The largest absolute Gasteiger partial charge is 0.360 e. The zero-order chi connectivity index (χ0) is 16.2. The fourth-order valence-electron chi connectivity index (χ4n) is 3.19. The van der Waals surface area contributed by atoms with Crippen LogP contribution < -0.4 is 9.62 Å². The average Bonchev–Trinajstić information content (AvgIpc) is 3.10. The molecule has 0 saturated heterocycles. The summed E-state index contributed by atoms with van der Waals surface area (Å²) in [4.78, 5) is 13.9. The van der Waals surface area contributed by atoms with Crippen LogP contribution in [0.25, 0.3) is 0 Å². The number of hydrogen-bond donors (Lipinski definition) is 1. The van der Waals surface area contributed by atoms with E-state index in [9.17, 15) is 13.2 Å². The molecule has 0 aliphatic carbocycles. The highest BCUT2D eigenvalue weighted by atomic mass is 32.2. The van der Waals surface area contributed by atoms with Crippen molar-refractivity contribution in [1.82, 2.24) is 5.16 Å². The summed E-state index contributed by atoms with van der Waals surface area (Å²) >= 11 is 0. The minimum absolute atomic E-state index is 0.114. The zero-order valence-electron chi connectivity index (χ0n) is 12.5. The van der Waals surface area contributed by atoms with Crippen LogP contribution >= 0.6 is 0 Å². The predicted octanol–water partition coefficient (Wildman–Crippen LogP) is 1.62. The molecule has 2 aromatic rings. The summed E-state index contributed by atoms with van der Waals surface area (Å²) in [6.45, 7) is 2.32. The number of benzene rings is 1. The van der Waals surface area contributed by atoms with E-state index in [2.05, 4.69) is 9.88 Å². The minimum atomic E-state index is -3.74. The van der Waals surface area contributed by atoms with Gasteiger partial charge in [-0.1, -0.05) is 5.16 Å². The normalized spacial score (nSPS) is 16.6. The molecule has 0 fully saturated rings. The van der Waals surface area contributed by atoms with E-state index >= 15 is 0 Å². The number of rotatable bonds is 3. The van der Waals surface area contributed by atoms with Gasteiger partial charge >= 0.3 is 0 Å². The van der Waals surface area contributed by atoms with Gasteiger partial charge in [0.15, 0.2) is 5.82 Å². The van der Waals surface area contributed by atoms with Gasteiger partial charge in [-0.15, -0.1) is 0 Å². The number of sulfonamides is 1. The van der Waals surface area contributed by atoms with Crippen molar-refractivity contribution in [1.29, 1.82) is 0 Å². The molecule has 2 aliphatic heterocycles. The Morgan fingerprint density at radius 2 is 1.91 bits per heavy atom. The zero-order valence-corrected chi connectivity index (χ0v) is 13.3. The molecular formula is C15H15N3O4S. The lowest BCUT2D eigenvalue weighted by molar-refractivity contribution is -0.118. The number of aryl methyl sites for hydroxylation is 2. The SMILES string of the molecule is Cc1cc(NS(=O)(=O)c2cc3c4c(c2)CCN4C(=O)CC3)no1. The molecule has 0 bridgehead atoms. The van der Waals surface area contributed by atoms with Crippen molar-refractivity contribution in [2.24, 2.45) is 0 Å². The summed E-state index contributed by atoms with van der Waals surface area (Å²) in [5.74, 6) is 0.803. The summed E-state index contributed by atoms with van der Waals surface area (Å²) in [5.41, 5.74) is 2.72.